The Bertz CT molecular complexity index is 1240. The predicted molar refractivity (Wildman–Crippen MR) is 102 cm³/mol. The lowest BCUT2D eigenvalue weighted by Gasteiger charge is -2.31. The number of rotatable bonds is 1. The number of amides is 2. The van der Waals surface area contributed by atoms with E-state index in [0.717, 1.165) is 0 Å². The number of carbonyl (C=O) groups is 2. The van der Waals surface area contributed by atoms with Gasteiger partial charge in [0, 0.05) is 22.5 Å². The van der Waals surface area contributed by atoms with Gasteiger partial charge >= 0.3 is 0 Å². The normalized spacial score (nSPS) is 24.2. The van der Waals surface area contributed by atoms with Crippen molar-refractivity contribution in [3.63, 3.8) is 0 Å². The van der Waals surface area contributed by atoms with Gasteiger partial charge in [0.05, 0.1) is 21.6 Å². The zero-order valence-corrected chi connectivity index (χ0v) is 15.6. The second kappa shape index (κ2) is 5.62. The molecule has 2 aromatic carbocycles. The first-order valence-corrected chi connectivity index (χ1v) is 10.2. The molecule has 0 spiro atoms. The molecule has 0 aromatic heterocycles. The summed E-state index contributed by atoms with van der Waals surface area (Å²) in [6.07, 6.45) is 1.71. The Hall–Kier alpha value is -3.26. The molecule has 0 saturated heterocycles. The topological polar surface area (TPSA) is 105 Å². The van der Waals surface area contributed by atoms with Crippen molar-refractivity contribution in [1.29, 1.82) is 0 Å². The third-order valence-corrected chi connectivity index (χ3v) is 7.26. The van der Waals surface area contributed by atoms with Crippen LogP contribution in [0, 0.1) is 11.8 Å². The SMILES string of the molecule is CC1=NNC(=O)C2C=C(c3ccc4c(c3)-c3ccccc3S4(=O)=O)NC(=O)C12. The molecule has 2 unspecified atom stereocenters. The molecule has 2 atom stereocenters. The first-order valence-electron chi connectivity index (χ1n) is 8.73. The van der Waals surface area contributed by atoms with Crippen molar-refractivity contribution in [3.8, 4) is 11.1 Å². The van der Waals surface area contributed by atoms with E-state index in [9.17, 15) is 18.0 Å². The Morgan fingerprint density at radius 2 is 1.71 bits per heavy atom. The van der Waals surface area contributed by atoms with Crippen LogP contribution in [0.5, 0.6) is 0 Å². The van der Waals surface area contributed by atoms with Gasteiger partial charge in [-0.15, -0.1) is 0 Å². The molecule has 7 nitrogen and oxygen atoms in total. The number of nitrogens with zero attached hydrogens (tertiary/aromatic N) is 1. The standard InChI is InChI=1S/C20H15N3O4S/c1-10-18-14(19(24)23-22-10)9-15(21-20(18)25)11-6-7-17-13(8-11)12-4-2-3-5-16(12)28(17,26)27/h2-9,14,18H,1H3,(H,21,25)(H,23,24). The number of hydrazone groups is 1. The smallest absolute Gasteiger partial charge is 0.248 e. The highest BCUT2D eigenvalue weighted by Gasteiger charge is 2.41. The van der Waals surface area contributed by atoms with Gasteiger partial charge in [-0.05, 0) is 36.8 Å². The number of hydrogen-bond acceptors (Lipinski definition) is 5. The number of carbonyl (C=O) groups excluding carboxylic acids is 2. The van der Waals surface area contributed by atoms with Crippen molar-refractivity contribution in [2.24, 2.45) is 16.9 Å². The fourth-order valence-corrected chi connectivity index (χ4v) is 5.68. The lowest BCUT2D eigenvalue weighted by atomic mass is 9.82. The van der Waals surface area contributed by atoms with Crippen LogP contribution in [0.3, 0.4) is 0 Å². The second-order valence-electron chi connectivity index (χ2n) is 7.01. The van der Waals surface area contributed by atoms with E-state index in [-0.39, 0.29) is 21.6 Å². The number of fused-ring (bicyclic) bond motifs is 4. The van der Waals surface area contributed by atoms with Crippen molar-refractivity contribution >= 4 is 33.1 Å². The maximum atomic E-state index is 12.7. The van der Waals surface area contributed by atoms with E-state index >= 15 is 0 Å². The maximum absolute atomic E-state index is 12.7. The lowest BCUT2D eigenvalue weighted by molar-refractivity contribution is -0.131. The predicted octanol–water partition coefficient (Wildman–Crippen LogP) is 1.71. The van der Waals surface area contributed by atoms with Crippen molar-refractivity contribution < 1.29 is 18.0 Å². The van der Waals surface area contributed by atoms with Gasteiger partial charge in [0.2, 0.25) is 21.7 Å². The van der Waals surface area contributed by atoms with Crippen LogP contribution >= 0.6 is 0 Å². The largest absolute Gasteiger partial charge is 0.325 e. The molecule has 0 aliphatic carbocycles. The summed E-state index contributed by atoms with van der Waals surface area (Å²) in [5.41, 5.74) is 5.34. The summed E-state index contributed by atoms with van der Waals surface area (Å²) in [6, 6.07) is 11.8. The summed E-state index contributed by atoms with van der Waals surface area (Å²) in [6.45, 7) is 1.70. The van der Waals surface area contributed by atoms with E-state index < -0.39 is 21.7 Å². The molecule has 3 heterocycles. The molecular weight excluding hydrogens is 378 g/mol. The van der Waals surface area contributed by atoms with Gasteiger partial charge in [0.25, 0.3) is 0 Å². The summed E-state index contributed by atoms with van der Waals surface area (Å²) in [7, 11) is -3.54. The molecule has 28 heavy (non-hydrogen) atoms. The van der Waals surface area contributed by atoms with Gasteiger partial charge in [-0.25, -0.2) is 13.8 Å². The fourth-order valence-electron chi connectivity index (χ4n) is 4.01. The molecule has 2 amide bonds. The first-order chi connectivity index (χ1) is 13.4. The Morgan fingerprint density at radius 3 is 2.54 bits per heavy atom. The fraction of sp³-hybridized carbons (Fsp3) is 0.150. The molecule has 0 radical (unpaired) electrons. The molecule has 3 aliphatic heterocycles. The molecule has 2 N–H and O–H groups in total. The number of sulfone groups is 1. The molecule has 0 bridgehead atoms. The number of hydrogen-bond donors (Lipinski definition) is 2. The summed E-state index contributed by atoms with van der Waals surface area (Å²) in [5.74, 6) is -1.91. The van der Waals surface area contributed by atoms with Crippen molar-refractivity contribution in [3.05, 3.63) is 54.1 Å². The van der Waals surface area contributed by atoms with E-state index in [4.69, 9.17) is 0 Å². The Morgan fingerprint density at radius 1 is 0.964 bits per heavy atom. The van der Waals surface area contributed by atoms with Gasteiger partial charge < -0.3 is 5.32 Å². The van der Waals surface area contributed by atoms with Crippen LogP contribution < -0.4 is 10.7 Å². The number of nitrogens with one attached hydrogen (secondary N) is 2. The van der Waals surface area contributed by atoms with Crippen LogP contribution in [0.25, 0.3) is 16.8 Å². The molecule has 140 valence electrons. The van der Waals surface area contributed by atoms with Crippen LogP contribution in [0.15, 0.2) is 63.4 Å². The van der Waals surface area contributed by atoms with Crippen LogP contribution in [0.4, 0.5) is 0 Å². The van der Waals surface area contributed by atoms with Gasteiger partial charge in [-0.2, -0.15) is 5.10 Å². The summed E-state index contributed by atoms with van der Waals surface area (Å²) in [5, 5.41) is 6.72. The van der Waals surface area contributed by atoms with E-state index in [0.29, 0.717) is 28.1 Å². The minimum Gasteiger partial charge on any atom is -0.325 e. The van der Waals surface area contributed by atoms with E-state index in [1.165, 1.54) is 0 Å². The third-order valence-electron chi connectivity index (χ3n) is 5.39. The molecule has 0 fully saturated rings. The monoisotopic (exact) mass is 393 g/mol. The van der Waals surface area contributed by atoms with Crippen LogP contribution in [0.1, 0.15) is 12.5 Å². The van der Waals surface area contributed by atoms with Crippen molar-refractivity contribution in [2.75, 3.05) is 0 Å². The van der Waals surface area contributed by atoms with Gasteiger partial charge in [0.15, 0.2) is 0 Å². The van der Waals surface area contributed by atoms with Crippen LogP contribution in [0.2, 0.25) is 0 Å². The highest BCUT2D eigenvalue weighted by molar-refractivity contribution is 7.92. The average Bonchev–Trinajstić information content (AvgIpc) is 2.92. The van der Waals surface area contributed by atoms with Crippen LogP contribution in [-0.2, 0) is 19.4 Å². The van der Waals surface area contributed by atoms with E-state index in [1.807, 2.05) is 0 Å². The minimum absolute atomic E-state index is 0.247. The van der Waals surface area contributed by atoms with Gasteiger partial charge in [-0.1, -0.05) is 24.3 Å². The van der Waals surface area contributed by atoms with Gasteiger partial charge in [-0.3, -0.25) is 9.59 Å². The van der Waals surface area contributed by atoms with Gasteiger partial charge in [0.1, 0.15) is 0 Å². The number of benzene rings is 2. The summed E-state index contributed by atoms with van der Waals surface area (Å²) < 4.78 is 25.5. The highest BCUT2D eigenvalue weighted by Crippen LogP contribution is 2.44. The van der Waals surface area contributed by atoms with E-state index in [1.54, 1.807) is 55.5 Å². The molecule has 3 aliphatic rings. The first kappa shape index (κ1) is 16.9. The molecule has 2 aromatic rings. The molecule has 0 saturated carbocycles. The third kappa shape index (κ3) is 2.21. The van der Waals surface area contributed by atoms with Crippen molar-refractivity contribution in [2.45, 2.75) is 16.7 Å². The molecular formula is C20H15N3O4S. The minimum atomic E-state index is -3.54. The quantitative estimate of drug-likeness (QED) is 0.657. The Labute approximate surface area is 161 Å². The summed E-state index contributed by atoms with van der Waals surface area (Å²) in [4.78, 5) is 25.3. The van der Waals surface area contributed by atoms with Crippen LogP contribution in [-0.4, -0.2) is 25.9 Å². The van der Waals surface area contributed by atoms with E-state index in [2.05, 4.69) is 15.8 Å². The lowest BCUT2D eigenvalue weighted by Crippen LogP contribution is -2.50. The average molecular weight is 393 g/mol. The Kier molecular flexibility index (Phi) is 3.39. The van der Waals surface area contributed by atoms with Crippen molar-refractivity contribution in [1.82, 2.24) is 10.7 Å². The highest BCUT2D eigenvalue weighted by atomic mass is 32.2. The summed E-state index contributed by atoms with van der Waals surface area (Å²) >= 11 is 0. The molecule has 8 heteroatoms. The second-order valence-corrected chi connectivity index (χ2v) is 8.90. The zero-order valence-electron chi connectivity index (χ0n) is 14.8. The zero-order chi connectivity index (χ0) is 19.6. The maximum Gasteiger partial charge on any atom is 0.248 e. The molecule has 5 rings (SSSR count). The Balaban J connectivity index is 1.64.